The van der Waals surface area contributed by atoms with Gasteiger partial charge >= 0.3 is 6.18 Å². The summed E-state index contributed by atoms with van der Waals surface area (Å²) < 4.78 is 47.3. The minimum absolute atomic E-state index is 0.423. The minimum Gasteiger partial charge on any atom is -0.310 e. The molecule has 0 saturated heterocycles. The molecule has 67 heavy (non-hydrogen) atoms. The average Bonchev–Trinajstić information content (AvgIpc) is 3.82. The molecule has 11 aromatic rings. The van der Waals surface area contributed by atoms with Crippen molar-refractivity contribution in [1.82, 2.24) is 9.13 Å². The van der Waals surface area contributed by atoms with E-state index in [1.807, 2.05) is 36.4 Å². The predicted octanol–water partition coefficient (Wildman–Crippen LogP) is 17.7. The average molecular weight is 876 g/mol. The highest BCUT2D eigenvalue weighted by Gasteiger charge is 2.32. The molecule has 0 saturated carbocycles. The maximum atomic E-state index is 14.3. The third-order valence-electron chi connectivity index (χ3n) is 13.2. The molecule has 0 aliphatic rings. The van der Waals surface area contributed by atoms with Crippen LogP contribution >= 0.6 is 0 Å². The zero-order chi connectivity index (χ0) is 46.3. The van der Waals surface area contributed by atoms with Gasteiger partial charge in [0.15, 0.2) is 5.69 Å². The Balaban J connectivity index is 1.25. The topological polar surface area (TPSA) is 14.2 Å². The summed E-state index contributed by atoms with van der Waals surface area (Å²) in [5, 5.41) is 4.26. The van der Waals surface area contributed by atoms with Crippen LogP contribution in [-0.4, -0.2) is 9.13 Å². The van der Waals surface area contributed by atoms with Gasteiger partial charge in [0, 0.05) is 38.4 Å². The number of rotatable bonds is 6. The summed E-state index contributed by atoms with van der Waals surface area (Å²) in [5.74, 6) is 0. The van der Waals surface area contributed by atoms with Crippen molar-refractivity contribution in [1.29, 1.82) is 0 Å². The fourth-order valence-corrected chi connectivity index (χ4v) is 10.5. The molecule has 3 nitrogen and oxygen atoms in total. The molecule has 0 atom stereocenters. The number of benzene rings is 9. The molecule has 2 aromatic heterocycles. The van der Waals surface area contributed by atoms with Gasteiger partial charge in [0.2, 0.25) is 0 Å². The first kappa shape index (κ1) is 41.6. The van der Waals surface area contributed by atoms with Gasteiger partial charge in [-0.25, -0.2) is 4.85 Å². The summed E-state index contributed by atoms with van der Waals surface area (Å²) in [6.07, 6.45) is -4.51. The molecule has 324 valence electrons. The van der Waals surface area contributed by atoms with Gasteiger partial charge in [-0.15, -0.1) is 0 Å². The van der Waals surface area contributed by atoms with E-state index in [9.17, 15) is 13.2 Å². The minimum atomic E-state index is -4.51. The Morgan fingerprint density at radius 2 is 0.881 bits per heavy atom. The van der Waals surface area contributed by atoms with E-state index in [1.54, 1.807) is 13.0 Å². The molecule has 0 unspecified atom stereocenters. The standard InChI is InChI=1S/C61H44F3N3/c1-36-27-37(2)30-43(29-36)41-21-25-55-50(34-41)47-13-7-9-17-53(47)66(55)57-19-11-15-49(46-24-23-45(33-40(46)5)61(62,63)64)59(57)60-52(65-6)16-12-20-58(60)67-54-18-10-8-14-48(54)51-35-42(22-26-56(51)67)44-31-38(3)28-39(4)32-44/h7-35H,1-5H3. The van der Waals surface area contributed by atoms with Crippen molar-refractivity contribution >= 4 is 49.3 Å². The Morgan fingerprint density at radius 1 is 0.403 bits per heavy atom. The van der Waals surface area contributed by atoms with Gasteiger partial charge in [0.25, 0.3) is 0 Å². The lowest BCUT2D eigenvalue weighted by Crippen LogP contribution is -2.06. The summed E-state index contributed by atoms with van der Waals surface area (Å²) in [6, 6.07) is 59.0. The molecule has 6 heteroatoms. The molecular weight excluding hydrogens is 832 g/mol. The molecule has 0 bridgehead atoms. The summed E-state index contributed by atoms with van der Waals surface area (Å²) in [4.78, 5) is 4.24. The molecule has 2 heterocycles. The van der Waals surface area contributed by atoms with Crippen molar-refractivity contribution < 1.29 is 13.2 Å². The normalized spacial score (nSPS) is 11.9. The van der Waals surface area contributed by atoms with Crippen LogP contribution in [0.5, 0.6) is 0 Å². The van der Waals surface area contributed by atoms with E-state index in [0.717, 1.165) is 94.4 Å². The first-order valence-electron chi connectivity index (χ1n) is 22.4. The van der Waals surface area contributed by atoms with Crippen molar-refractivity contribution in [3.05, 3.63) is 221 Å². The van der Waals surface area contributed by atoms with Crippen molar-refractivity contribution in [2.75, 3.05) is 0 Å². The number of hydrogen-bond acceptors (Lipinski definition) is 0. The monoisotopic (exact) mass is 875 g/mol. The number of aromatic nitrogens is 2. The first-order valence-corrected chi connectivity index (χ1v) is 22.4. The van der Waals surface area contributed by atoms with Crippen molar-refractivity contribution in [3.8, 4) is 55.9 Å². The lowest BCUT2D eigenvalue weighted by molar-refractivity contribution is -0.137. The fraction of sp³-hybridized carbons (Fsp3) is 0.0984. The van der Waals surface area contributed by atoms with Crippen LogP contribution in [0.15, 0.2) is 176 Å². The van der Waals surface area contributed by atoms with Crippen LogP contribution in [-0.2, 0) is 6.18 Å². The largest absolute Gasteiger partial charge is 0.416 e. The van der Waals surface area contributed by atoms with Crippen LogP contribution in [0.1, 0.15) is 33.4 Å². The highest BCUT2D eigenvalue weighted by Crippen LogP contribution is 2.49. The number of para-hydroxylation sites is 2. The fourth-order valence-electron chi connectivity index (χ4n) is 10.5. The zero-order valence-corrected chi connectivity index (χ0v) is 37.7. The SMILES string of the molecule is [C-]#[N+]c1cccc(-n2c3ccccc3c3cc(-c4cc(C)cc(C)c4)ccc32)c1-c1c(-c2ccc(C(F)(F)F)cc2C)cccc1-n1c2ccccc2c2cc(-c3cc(C)cc(C)c3)ccc21. The number of nitrogens with zero attached hydrogens (tertiary/aromatic N) is 3. The summed E-state index contributed by atoms with van der Waals surface area (Å²) in [5.41, 5.74) is 17.7. The Kier molecular flexibility index (Phi) is 9.79. The number of alkyl halides is 3. The molecule has 11 rings (SSSR count). The van der Waals surface area contributed by atoms with Gasteiger partial charge in [-0.2, -0.15) is 13.2 Å². The summed E-state index contributed by atoms with van der Waals surface area (Å²) in [7, 11) is 0. The third-order valence-corrected chi connectivity index (χ3v) is 13.2. The molecule has 0 aliphatic heterocycles. The molecule has 0 fully saturated rings. The second-order valence-electron chi connectivity index (χ2n) is 17.9. The highest BCUT2D eigenvalue weighted by molar-refractivity contribution is 6.14. The molecule has 9 aromatic carbocycles. The Labute approximate surface area is 387 Å². The smallest absolute Gasteiger partial charge is 0.310 e. The van der Waals surface area contributed by atoms with E-state index in [1.165, 1.54) is 28.3 Å². The maximum absolute atomic E-state index is 14.3. The van der Waals surface area contributed by atoms with E-state index in [4.69, 9.17) is 6.57 Å². The van der Waals surface area contributed by atoms with E-state index in [-0.39, 0.29) is 0 Å². The van der Waals surface area contributed by atoms with Gasteiger partial charge in [-0.1, -0.05) is 138 Å². The Morgan fingerprint density at radius 3 is 1.37 bits per heavy atom. The third kappa shape index (κ3) is 6.98. The number of halogens is 3. The van der Waals surface area contributed by atoms with Gasteiger partial charge < -0.3 is 9.13 Å². The van der Waals surface area contributed by atoms with Crippen LogP contribution in [0.4, 0.5) is 18.9 Å². The van der Waals surface area contributed by atoms with Gasteiger partial charge in [0.05, 0.1) is 39.9 Å². The first-order chi connectivity index (χ1) is 32.4. The Bertz CT molecular complexity index is 3830. The van der Waals surface area contributed by atoms with E-state index in [2.05, 4.69) is 163 Å². The molecule has 0 aliphatic carbocycles. The summed E-state index contributed by atoms with van der Waals surface area (Å²) in [6.45, 7) is 19.0. The van der Waals surface area contributed by atoms with Crippen molar-refractivity contribution in [3.63, 3.8) is 0 Å². The molecule has 0 N–H and O–H groups in total. The van der Waals surface area contributed by atoms with Gasteiger partial charge in [0.1, 0.15) is 0 Å². The van der Waals surface area contributed by atoms with Gasteiger partial charge in [-0.05, 0) is 134 Å². The van der Waals surface area contributed by atoms with E-state index < -0.39 is 11.7 Å². The predicted molar refractivity (Wildman–Crippen MR) is 272 cm³/mol. The highest BCUT2D eigenvalue weighted by atomic mass is 19.4. The van der Waals surface area contributed by atoms with Crippen LogP contribution in [0, 0.1) is 41.2 Å². The number of hydrogen-bond donors (Lipinski definition) is 0. The van der Waals surface area contributed by atoms with Crippen LogP contribution in [0.2, 0.25) is 0 Å². The quantitative estimate of drug-likeness (QED) is 0.148. The van der Waals surface area contributed by atoms with E-state index >= 15 is 0 Å². The molecule has 0 amide bonds. The van der Waals surface area contributed by atoms with E-state index in [0.29, 0.717) is 22.4 Å². The maximum Gasteiger partial charge on any atom is 0.416 e. The van der Waals surface area contributed by atoms with Crippen molar-refractivity contribution in [2.45, 2.75) is 40.8 Å². The molecule has 0 spiro atoms. The second kappa shape index (κ2) is 15.8. The lowest BCUT2D eigenvalue weighted by Gasteiger charge is -2.23. The number of aryl methyl sites for hydroxylation is 5. The second-order valence-corrected chi connectivity index (χ2v) is 17.9. The van der Waals surface area contributed by atoms with Crippen LogP contribution in [0.3, 0.4) is 0 Å². The molecular formula is C61H44F3N3. The van der Waals surface area contributed by atoms with Crippen LogP contribution < -0.4 is 0 Å². The zero-order valence-electron chi connectivity index (χ0n) is 37.7. The summed E-state index contributed by atoms with van der Waals surface area (Å²) >= 11 is 0. The van der Waals surface area contributed by atoms with Crippen LogP contribution in [0.25, 0.3) is 104 Å². The molecule has 0 radical (unpaired) electrons. The lowest BCUT2D eigenvalue weighted by atomic mass is 9.88. The Hall–Kier alpha value is -8.14. The van der Waals surface area contributed by atoms with Crippen molar-refractivity contribution in [2.24, 2.45) is 0 Å². The van der Waals surface area contributed by atoms with Gasteiger partial charge in [-0.3, -0.25) is 0 Å². The number of fused-ring (bicyclic) bond motifs is 6.